The highest BCUT2D eigenvalue weighted by molar-refractivity contribution is 6.04. The molecule has 0 radical (unpaired) electrons. The molecule has 154 valence electrons. The number of hydrogen-bond acceptors (Lipinski definition) is 5. The van der Waals surface area contributed by atoms with Crippen molar-refractivity contribution in [3.8, 4) is 5.75 Å². The molecule has 0 aromatic heterocycles. The summed E-state index contributed by atoms with van der Waals surface area (Å²) in [6.45, 7) is 5.92. The van der Waals surface area contributed by atoms with Crippen molar-refractivity contribution in [3.05, 3.63) is 59.7 Å². The summed E-state index contributed by atoms with van der Waals surface area (Å²) in [6.07, 6.45) is 0. The fourth-order valence-electron chi connectivity index (χ4n) is 2.91. The second-order valence-corrected chi connectivity index (χ2v) is 6.51. The molecule has 0 bridgehead atoms. The van der Waals surface area contributed by atoms with Gasteiger partial charge in [-0.05, 0) is 55.5 Å². The van der Waals surface area contributed by atoms with Gasteiger partial charge in [0.05, 0.1) is 19.8 Å². The van der Waals surface area contributed by atoms with E-state index in [-0.39, 0.29) is 11.8 Å². The molecule has 1 aliphatic heterocycles. The normalized spacial score (nSPS) is 13.8. The molecular formula is C22H26N2O5. The van der Waals surface area contributed by atoms with Crippen LogP contribution in [0.4, 0.5) is 5.69 Å². The molecule has 1 aliphatic rings. The maximum atomic E-state index is 12.5. The number of ether oxygens (including phenoxy) is 3. The molecule has 0 unspecified atom stereocenters. The average molecular weight is 398 g/mol. The number of benzene rings is 2. The van der Waals surface area contributed by atoms with Crippen LogP contribution in [-0.4, -0.2) is 62.8 Å². The smallest absolute Gasteiger partial charge is 0.255 e. The van der Waals surface area contributed by atoms with E-state index in [0.717, 1.165) is 0 Å². The molecule has 7 nitrogen and oxygen atoms in total. The Hall–Kier alpha value is -2.90. The van der Waals surface area contributed by atoms with E-state index in [0.29, 0.717) is 68.7 Å². The van der Waals surface area contributed by atoms with Crippen molar-refractivity contribution in [3.63, 3.8) is 0 Å². The molecule has 1 saturated heterocycles. The number of nitrogens with zero attached hydrogens (tertiary/aromatic N) is 1. The van der Waals surface area contributed by atoms with E-state index in [2.05, 4.69) is 5.32 Å². The van der Waals surface area contributed by atoms with E-state index in [1.54, 1.807) is 53.4 Å². The minimum Gasteiger partial charge on any atom is -0.491 e. The Morgan fingerprint density at radius 2 is 1.62 bits per heavy atom. The lowest BCUT2D eigenvalue weighted by atomic mass is 10.1. The average Bonchev–Trinajstić information content (AvgIpc) is 2.78. The van der Waals surface area contributed by atoms with Crippen LogP contribution in [0, 0.1) is 0 Å². The summed E-state index contributed by atoms with van der Waals surface area (Å²) in [6, 6.07) is 13.8. The molecule has 7 heteroatoms. The summed E-state index contributed by atoms with van der Waals surface area (Å²) >= 11 is 0. The molecule has 0 saturated carbocycles. The molecule has 2 aromatic rings. The number of rotatable bonds is 8. The topological polar surface area (TPSA) is 77.1 Å². The summed E-state index contributed by atoms with van der Waals surface area (Å²) in [7, 11) is 0. The van der Waals surface area contributed by atoms with Gasteiger partial charge in [-0.25, -0.2) is 0 Å². The van der Waals surface area contributed by atoms with Gasteiger partial charge >= 0.3 is 0 Å². The molecule has 2 amide bonds. The van der Waals surface area contributed by atoms with Crippen molar-refractivity contribution < 1.29 is 23.8 Å². The molecule has 1 N–H and O–H groups in total. The number of carbonyl (C=O) groups excluding carboxylic acids is 2. The molecule has 1 fully saturated rings. The Morgan fingerprint density at radius 1 is 0.966 bits per heavy atom. The monoisotopic (exact) mass is 398 g/mol. The third-order valence-electron chi connectivity index (χ3n) is 4.51. The predicted molar refractivity (Wildman–Crippen MR) is 110 cm³/mol. The largest absolute Gasteiger partial charge is 0.491 e. The number of anilines is 1. The maximum Gasteiger partial charge on any atom is 0.255 e. The van der Waals surface area contributed by atoms with Crippen molar-refractivity contribution in [2.45, 2.75) is 6.92 Å². The number of hydrogen-bond donors (Lipinski definition) is 1. The third-order valence-corrected chi connectivity index (χ3v) is 4.51. The summed E-state index contributed by atoms with van der Waals surface area (Å²) in [5, 5.41) is 2.84. The Kier molecular flexibility index (Phi) is 7.61. The Labute approximate surface area is 170 Å². The lowest BCUT2D eigenvalue weighted by molar-refractivity contribution is 0.0303. The molecule has 3 rings (SSSR count). The summed E-state index contributed by atoms with van der Waals surface area (Å²) in [5.41, 5.74) is 1.75. The zero-order chi connectivity index (χ0) is 20.5. The zero-order valence-electron chi connectivity index (χ0n) is 16.6. The molecular weight excluding hydrogens is 372 g/mol. The predicted octanol–water partition coefficient (Wildman–Crippen LogP) is 2.83. The quantitative estimate of drug-likeness (QED) is 0.692. The van der Waals surface area contributed by atoms with Crippen molar-refractivity contribution in [1.82, 2.24) is 4.90 Å². The van der Waals surface area contributed by atoms with E-state index in [1.165, 1.54) is 0 Å². The van der Waals surface area contributed by atoms with Crippen LogP contribution in [0.15, 0.2) is 48.5 Å². The van der Waals surface area contributed by atoms with Crippen molar-refractivity contribution >= 4 is 17.5 Å². The molecule has 0 atom stereocenters. The molecule has 0 spiro atoms. The van der Waals surface area contributed by atoms with E-state index in [1.807, 2.05) is 6.92 Å². The van der Waals surface area contributed by atoms with Crippen LogP contribution >= 0.6 is 0 Å². The van der Waals surface area contributed by atoms with Crippen molar-refractivity contribution in [2.24, 2.45) is 0 Å². The van der Waals surface area contributed by atoms with Crippen molar-refractivity contribution in [2.75, 3.05) is 51.4 Å². The standard InChI is InChI=1S/C22H26N2O5/c1-2-27-15-16-29-20-9-5-17(6-10-20)21(25)23-19-7-3-18(4-8-19)22(26)24-11-13-28-14-12-24/h3-10H,2,11-16H2,1H3,(H,23,25). The number of carbonyl (C=O) groups is 2. The fourth-order valence-corrected chi connectivity index (χ4v) is 2.91. The van der Waals surface area contributed by atoms with Gasteiger partial charge in [0.1, 0.15) is 12.4 Å². The highest BCUT2D eigenvalue weighted by atomic mass is 16.5. The number of morpholine rings is 1. The van der Waals surface area contributed by atoms with Crippen LogP contribution in [0.2, 0.25) is 0 Å². The van der Waals surface area contributed by atoms with Crippen molar-refractivity contribution in [1.29, 1.82) is 0 Å². The SMILES string of the molecule is CCOCCOc1ccc(C(=O)Nc2ccc(C(=O)N3CCOCC3)cc2)cc1. The first-order valence-electron chi connectivity index (χ1n) is 9.76. The Bertz CT molecular complexity index is 799. The second-order valence-electron chi connectivity index (χ2n) is 6.51. The molecule has 1 heterocycles. The summed E-state index contributed by atoms with van der Waals surface area (Å²) in [5.74, 6) is 0.441. The maximum absolute atomic E-state index is 12.5. The minimum atomic E-state index is -0.224. The lowest BCUT2D eigenvalue weighted by Crippen LogP contribution is -2.40. The lowest BCUT2D eigenvalue weighted by Gasteiger charge is -2.26. The van der Waals surface area contributed by atoms with Gasteiger partial charge in [0, 0.05) is 36.5 Å². The molecule has 29 heavy (non-hydrogen) atoms. The second kappa shape index (κ2) is 10.6. The first-order chi connectivity index (χ1) is 14.2. The molecule has 2 aromatic carbocycles. The summed E-state index contributed by atoms with van der Waals surface area (Å²) < 4.78 is 16.0. The van der Waals surface area contributed by atoms with Crippen LogP contribution in [-0.2, 0) is 9.47 Å². The van der Waals surface area contributed by atoms with Crippen LogP contribution in [0.5, 0.6) is 5.75 Å². The Balaban J connectivity index is 1.53. The summed E-state index contributed by atoms with van der Waals surface area (Å²) in [4.78, 5) is 26.7. The number of amides is 2. The highest BCUT2D eigenvalue weighted by Gasteiger charge is 2.18. The van der Waals surface area contributed by atoms with Gasteiger partial charge in [-0.15, -0.1) is 0 Å². The van der Waals surface area contributed by atoms with Gasteiger partial charge in [0.15, 0.2) is 0 Å². The zero-order valence-corrected chi connectivity index (χ0v) is 16.6. The van der Waals surface area contributed by atoms with Gasteiger partial charge < -0.3 is 24.4 Å². The van der Waals surface area contributed by atoms with Gasteiger partial charge in [0.2, 0.25) is 0 Å². The van der Waals surface area contributed by atoms with E-state index >= 15 is 0 Å². The third kappa shape index (κ3) is 6.04. The van der Waals surface area contributed by atoms with E-state index in [4.69, 9.17) is 14.2 Å². The molecule has 0 aliphatic carbocycles. The first kappa shape index (κ1) is 20.8. The van der Waals surface area contributed by atoms with Crippen LogP contribution < -0.4 is 10.1 Å². The fraction of sp³-hybridized carbons (Fsp3) is 0.364. The van der Waals surface area contributed by atoms with Gasteiger partial charge in [-0.1, -0.05) is 0 Å². The van der Waals surface area contributed by atoms with E-state index < -0.39 is 0 Å². The van der Waals surface area contributed by atoms with Crippen LogP contribution in [0.1, 0.15) is 27.6 Å². The number of nitrogens with one attached hydrogen (secondary N) is 1. The minimum absolute atomic E-state index is 0.0221. The van der Waals surface area contributed by atoms with Gasteiger partial charge in [0.25, 0.3) is 11.8 Å². The van der Waals surface area contributed by atoms with Crippen LogP contribution in [0.3, 0.4) is 0 Å². The first-order valence-corrected chi connectivity index (χ1v) is 9.76. The van der Waals surface area contributed by atoms with Crippen LogP contribution in [0.25, 0.3) is 0 Å². The highest BCUT2D eigenvalue weighted by Crippen LogP contribution is 2.16. The Morgan fingerprint density at radius 3 is 2.28 bits per heavy atom. The van der Waals surface area contributed by atoms with Gasteiger partial charge in [-0.3, -0.25) is 9.59 Å². The van der Waals surface area contributed by atoms with Gasteiger partial charge in [-0.2, -0.15) is 0 Å². The van der Waals surface area contributed by atoms with E-state index in [9.17, 15) is 9.59 Å².